The van der Waals surface area contributed by atoms with E-state index in [1.165, 1.54) is 6.92 Å². The predicted molar refractivity (Wildman–Crippen MR) is 94.2 cm³/mol. The molecule has 2 N–H and O–H groups in total. The molecule has 0 aliphatic carbocycles. The molecule has 1 aromatic carbocycles. The van der Waals surface area contributed by atoms with Crippen LogP contribution in [0.1, 0.15) is 51.9 Å². The fourth-order valence-electron chi connectivity index (χ4n) is 3.19. The van der Waals surface area contributed by atoms with Gasteiger partial charge in [-0.1, -0.05) is 12.1 Å². The van der Waals surface area contributed by atoms with Crippen LogP contribution in [0.25, 0.3) is 0 Å². The molecule has 0 unspecified atom stereocenters. The highest BCUT2D eigenvalue weighted by Gasteiger charge is 2.33. The second-order valence-electron chi connectivity index (χ2n) is 6.66. The quantitative estimate of drug-likeness (QED) is 0.858. The molecule has 144 valence electrons. The number of halogens is 3. The molecule has 0 saturated carbocycles. The first kappa shape index (κ1) is 19.3. The van der Waals surface area contributed by atoms with E-state index in [2.05, 4.69) is 20.6 Å². The molecule has 1 aliphatic rings. The van der Waals surface area contributed by atoms with Crippen LogP contribution in [0.15, 0.2) is 30.3 Å². The lowest BCUT2D eigenvalue weighted by Gasteiger charge is -2.23. The molecule has 1 aromatic heterocycles. The molecular formula is C19H21F3N4O. The number of hydrogen-bond donors (Lipinski definition) is 2. The summed E-state index contributed by atoms with van der Waals surface area (Å²) in [7, 11) is 0. The van der Waals surface area contributed by atoms with Crippen molar-refractivity contribution in [2.45, 2.75) is 38.4 Å². The normalized spacial score (nSPS) is 17.6. The number of hydrogen-bond acceptors (Lipinski definition) is 4. The minimum absolute atomic E-state index is 0.0664. The number of aryl methyl sites for hydroxylation is 1. The van der Waals surface area contributed by atoms with Crippen LogP contribution >= 0.6 is 0 Å². The van der Waals surface area contributed by atoms with Gasteiger partial charge in [-0.05, 0) is 56.0 Å². The number of carbonyl (C=O) groups excluding carboxylic acids is 1. The number of nitrogens with one attached hydrogen (secondary N) is 2. The summed E-state index contributed by atoms with van der Waals surface area (Å²) in [5, 5.41) is 5.95. The molecule has 1 aliphatic heterocycles. The molecule has 2 aromatic rings. The van der Waals surface area contributed by atoms with Gasteiger partial charge in [0.2, 0.25) is 0 Å². The molecule has 0 bridgehead atoms. The zero-order valence-corrected chi connectivity index (χ0v) is 14.9. The van der Waals surface area contributed by atoms with Crippen molar-refractivity contribution in [3.05, 3.63) is 58.7 Å². The van der Waals surface area contributed by atoms with Gasteiger partial charge in [-0.15, -0.1) is 0 Å². The molecule has 27 heavy (non-hydrogen) atoms. The van der Waals surface area contributed by atoms with Crippen LogP contribution < -0.4 is 10.6 Å². The van der Waals surface area contributed by atoms with Crippen molar-refractivity contribution in [2.75, 3.05) is 13.1 Å². The molecule has 2 heterocycles. The van der Waals surface area contributed by atoms with Gasteiger partial charge in [0.1, 0.15) is 11.5 Å². The van der Waals surface area contributed by atoms with E-state index in [9.17, 15) is 18.0 Å². The Morgan fingerprint density at radius 3 is 2.81 bits per heavy atom. The summed E-state index contributed by atoms with van der Waals surface area (Å²) < 4.78 is 38.6. The smallest absolute Gasteiger partial charge is 0.345 e. The minimum atomic E-state index is -4.55. The zero-order chi connectivity index (χ0) is 19.4. The van der Waals surface area contributed by atoms with E-state index < -0.39 is 11.9 Å². The Bertz CT molecular complexity index is 817. The summed E-state index contributed by atoms with van der Waals surface area (Å²) in [6, 6.07) is 8.23. The van der Waals surface area contributed by atoms with Crippen LogP contribution in [-0.4, -0.2) is 29.0 Å². The third-order valence-corrected chi connectivity index (χ3v) is 4.52. The van der Waals surface area contributed by atoms with Crippen LogP contribution in [0.4, 0.5) is 13.2 Å². The third-order valence-electron chi connectivity index (χ3n) is 4.52. The van der Waals surface area contributed by atoms with Crippen molar-refractivity contribution in [3.8, 4) is 0 Å². The van der Waals surface area contributed by atoms with Gasteiger partial charge in [0.25, 0.3) is 5.91 Å². The van der Waals surface area contributed by atoms with Gasteiger partial charge in [-0.2, -0.15) is 13.2 Å². The maximum Gasteiger partial charge on any atom is 0.433 e. The Hall–Kier alpha value is -2.48. The first-order valence-corrected chi connectivity index (χ1v) is 8.83. The van der Waals surface area contributed by atoms with Crippen LogP contribution in [-0.2, 0) is 12.7 Å². The number of aromatic nitrogens is 2. The lowest BCUT2D eigenvalue weighted by Crippen LogP contribution is -2.29. The van der Waals surface area contributed by atoms with Gasteiger partial charge < -0.3 is 10.6 Å². The van der Waals surface area contributed by atoms with Crippen molar-refractivity contribution in [1.82, 2.24) is 20.6 Å². The van der Waals surface area contributed by atoms with E-state index in [0.29, 0.717) is 11.5 Å². The molecule has 1 saturated heterocycles. The average molecular weight is 378 g/mol. The molecule has 8 heteroatoms. The molecule has 1 fully saturated rings. The fraction of sp³-hybridized carbons (Fsp3) is 0.421. The standard InChI is InChI=1S/C19H21F3N4O/c1-12-8-16(19(20,21)22)26-17(25-12)11-24-18(27)14-5-2-4-13(9-14)15-6-3-7-23-10-15/h2,4-5,8-9,15,23H,3,6-7,10-11H2,1H3,(H,24,27)/t15-/m0/s1. The summed E-state index contributed by atoms with van der Waals surface area (Å²) >= 11 is 0. The van der Waals surface area contributed by atoms with E-state index >= 15 is 0 Å². The zero-order valence-electron chi connectivity index (χ0n) is 14.9. The van der Waals surface area contributed by atoms with Crippen LogP contribution in [0.2, 0.25) is 0 Å². The fourth-order valence-corrected chi connectivity index (χ4v) is 3.19. The van der Waals surface area contributed by atoms with Crippen molar-refractivity contribution in [2.24, 2.45) is 0 Å². The topological polar surface area (TPSA) is 66.9 Å². The van der Waals surface area contributed by atoms with Crippen molar-refractivity contribution in [1.29, 1.82) is 0 Å². The van der Waals surface area contributed by atoms with Crippen molar-refractivity contribution < 1.29 is 18.0 Å². The largest absolute Gasteiger partial charge is 0.433 e. The van der Waals surface area contributed by atoms with Gasteiger partial charge in [-0.25, -0.2) is 9.97 Å². The summed E-state index contributed by atoms with van der Waals surface area (Å²) in [6.07, 6.45) is -2.39. The SMILES string of the molecule is Cc1cc(C(F)(F)F)nc(CNC(=O)c2cccc([C@H]3CCCNC3)c2)n1. The number of nitrogens with zero attached hydrogens (tertiary/aromatic N) is 2. The highest BCUT2D eigenvalue weighted by molar-refractivity contribution is 5.94. The van der Waals surface area contributed by atoms with Crippen molar-refractivity contribution in [3.63, 3.8) is 0 Å². The Kier molecular flexibility index (Phi) is 5.74. The monoisotopic (exact) mass is 378 g/mol. The van der Waals surface area contributed by atoms with Gasteiger partial charge >= 0.3 is 6.18 Å². The second-order valence-corrected chi connectivity index (χ2v) is 6.66. The van der Waals surface area contributed by atoms with Crippen LogP contribution in [0, 0.1) is 6.92 Å². The summed E-state index contributed by atoms with van der Waals surface area (Å²) in [4.78, 5) is 19.9. The molecule has 1 atom stereocenters. The number of carbonyl (C=O) groups is 1. The maximum absolute atomic E-state index is 12.9. The third kappa shape index (κ3) is 5.03. The van der Waals surface area contributed by atoms with E-state index in [1.54, 1.807) is 6.07 Å². The minimum Gasteiger partial charge on any atom is -0.345 e. The summed E-state index contributed by atoms with van der Waals surface area (Å²) in [5.74, 6) is -0.0662. The van der Waals surface area contributed by atoms with Gasteiger partial charge in [-0.3, -0.25) is 4.79 Å². The molecule has 1 amide bonds. The van der Waals surface area contributed by atoms with E-state index in [-0.39, 0.29) is 24.0 Å². The Balaban J connectivity index is 1.68. The number of benzene rings is 1. The molecule has 0 spiro atoms. The summed E-state index contributed by atoms with van der Waals surface area (Å²) in [5.41, 5.74) is 0.752. The molecular weight excluding hydrogens is 357 g/mol. The van der Waals surface area contributed by atoms with E-state index in [4.69, 9.17) is 0 Å². The number of amides is 1. The van der Waals surface area contributed by atoms with Crippen LogP contribution in [0.5, 0.6) is 0 Å². The lowest BCUT2D eigenvalue weighted by atomic mass is 9.90. The highest BCUT2D eigenvalue weighted by atomic mass is 19.4. The highest BCUT2D eigenvalue weighted by Crippen LogP contribution is 2.28. The Labute approximate surface area is 155 Å². The molecule has 5 nitrogen and oxygen atoms in total. The van der Waals surface area contributed by atoms with Gasteiger partial charge in [0.05, 0.1) is 6.54 Å². The maximum atomic E-state index is 12.9. The second kappa shape index (κ2) is 8.04. The Morgan fingerprint density at radius 1 is 1.30 bits per heavy atom. The van der Waals surface area contributed by atoms with Crippen molar-refractivity contribution >= 4 is 5.91 Å². The first-order chi connectivity index (χ1) is 12.8. The summed E-state index contributed by atoms with van der Waals surface area (Å²) in [6.45, 7) is 3.18. The number of rotatable bonds is 4. The average Bonchev–Trinajstić information content (AvgIpc) is 2.66. The van der Waals surface area contributed by atoms with E-state index in [0.717, 1.165) is 37.6 Å². The predicted octanol–water partition coefficient (Wildman–Crippen LogP) is 3.20. The molecule has 0 radical (unpaired) electrons. The van der Waals surface area contributed by atoms with Crippen LogP contribution in [0.3, 0.4) is 0 Å². The van der Waals surface area contributed by atoms with Gasteiger partial charge in [0.15, 0.2) is 0 Å². The lowest BCUT2D eigenvalue weighted by molar-refractivity contribution is -0.141. The Morgan fingerprint density at radius 2 is 2.11 bits per heavy atom. The first-order valence-electron chi connectivity index (χ1n) is 8.83. The number of piperidine rings is 1. The molecule has 3 rings (SSSR count). The van der Waals surface area contributed by atoms with Gasteiger partial charge in [0, 0.05) is 17.8 Å². The number of alkyl halides is 3. The van der Waals surface area contributed by atoms with E-state index in [1.807, 2.05) is 18.2 Å².